The molecule has 0 atom stereocenters. The van der Waals surface area contributed by atoms with Crippen LogP contribution in [0.25, 0.3) is 0 Å². The molecule has 2 aromatic rings. The lowest BCUT2D eigenvalue weighted by Gasteiger charge is -2.18. The number of carbonyl (C=O) groups excluding carboxylic acids is 2. The van der Waals surface area contributed by atoms with E-state index in [1.54, 1.807) is 57.2 Å². The molecule has 0 heterocycles. The van der Waals surface area contributed by atoms with Crippen molar-refractivity contribution in [3.05, 3.63) is 54.1 Å². The van der Waals surface area contributed by atoms with Crippen LogP contribution in [-0.4, -0.2) is 23.7 Å². The highest BCUT2D eigenvalue weighted by atomic mass is 32.2. The maximum absolute atomic E-state index is 12.5. The van der Waals surface area contributed by atoms with Crippen LogP contribution in [0.2, 0.25) is 0 Å². The van der Waals surface area contributed by atoms with Crippen molar-refractivity contribution in [3.63, 3.8) is 0 Å². The largest absolute Gasteiger partial charge is 0.398 e. The van der Waals surface area contributed by atoms with E-state index in [1.165, 1.54) is 12.1 Å². The summed E-state index contributed by atoms with van der Waals surface area (Å²) in [6.45, 7) is 5.32. The third kappa shape index (κ3) is 6.60. The van der Waals surface area contributed by atoms with Crippen molar-refractivity contribution in [2.75, 3.05) is 16.4 Å². The van der Waals surface area contributed by atoms with Gasteiger partial charge in [-0.2, -0.15) is 13.2 Å². The molecule has 2 rings (SSSR count). The normalized spacial score (nSPS) is 11.8. The molecule has 0 aliphatic heterocycles. The number of hydrogen-bond acceptors (Lipinski definition) is 3. The van der Waals surface area contributed by atoms with Crippen LogP contribution >= 0.6 is 11.8 Å². The first-order valence-corrected chi connectivity index (χ1v) is 9.46. The predicted octanol–water partition coefficient (Wildman–Crippen LogP) is 5.58. The number of hydrogen-bond donors (Lipinski definition) is 2. The molecule has 4 nitrogen and oxygen atoms in total. The van der Waals surface area contributed by atoms with Gasteiger partial charge in [0.25, 0.3) is 5.91 Å². The van der Waals surface area contributed by atoms with Crippen molar-refractivity contribution >= 4 is 35.0 Å². The molecule has 0 radical (unpaired) electrons. The van der Waals surface area contributed by atoms with Crippen molar-refractivity contribution in [1.82, 2.24) is 0 Å². The van der Waals surface area contributed by atoms with Gasteiger partial charge in [0.15, 0.2) is 0 Å². The van der Waals surface area contributed by atoms with Crippen molar-refractivity contribution in [2.45, 2.75) is 31.8 Å². The zero-order valence-corrected chi connectivity index (χ0v) is 16.5. The monoisotopic (exact) mass is 410 g/mol. The molecule has 0 saturated heterocycles. The van der Waals surface area contributed by atoms with Crippen LogP contribution in [0.4, 0.5) is 24.5 Å². The van der Waals surface area contributed by atoms with Gasteiger partial charge < -0.3 is 10.6 Å². The quantitative estimate of drug-likeness (QED) is 0.633. The summed E-state index contributed by atoms with van der Waals surface area (Å²) < 4.78 is 37.5. The average Bonchev–Trinajstić information content (AvgIpc) is 2.59. The first kappa shape index (κ1) is 21.8. The molecular formula is C20H21F3N2O2S. The Morgan fingerprint density at radius 3 is 2.29 bits per heavy atom. The molecular weight excluding hydrogens is 389 g/mol. The van der Waals surface area contributed by atoms with E-state index in [-0.39, 0.29) is 11.5 Å². The number of alkyl halides is 3. The Hall–Kier alpha value is -2.48. The van der Waals surface area contributed by atoms with E-state index in [2.05, 4.69) is 10.6 Å². The molecule has 150 valence electrons. The van der Waals surface area contributed by atoms with Gasteiger partial charge in [0.2, 0.25) is 5.91 Å². The molecule has 0 aliphatic carbocycles. The number of para-hydroxylation sites is 1. The molecule has 28 heavy (non-hydrogen) atoms. The van der Waals surface area contributed by atoms with E-state index in [0.29, 0.717) is 28.0 Å². The third-order valence-corrected chi connectivity index (χ3v) is 4.73. The van der Waals surface area contributed by atoms with Gasteiger partial charge in [0.05, 0.1) is 11.4 Å². The molecule has 0 saturated carbocycles. The smallest absolute Gasteiger partial charge is 0.326 e. The van der Waals surface area contributed by atoms with Gasteiger partial charge in [-0.1, -0.05) is 39.0 Å². The van der Waals surface area contributed by atoms with Gasteiger partial charge >= 0.3 is 6.18 Å². The predicted molar refractivity (Wildman–Crippen MR) is 106 cm³/mol. The summed E-state index contributed by atoms with van der Waals surface area (Å²) in [4.78, 5) is 25.0. The highest BCUT2D eigenvalue weighted by Crippen LogP contribution is 2.32. The Balaban J connectivity index is 2.14. The molecule has 0 spiro atoms. The van der Waals surface area contributed by atoms with Gasteiger partial charge in [0, 0.05) is 21.6 Å². The molecule has 0 unspecified atom stereocenters. The fraction of sp³-hybridized carbons (Fsp3) is 0.300. The SMILES string of the molecule is CC(C)(C)C(=O)Nc1cccc(C(=O)Nc2ccccc2SCC(F)(F)F)c1. The third-order valence-electron chi connectivity index (χ3n) is 3.59. The fourth-order valence-electron chi connectivity index (χ4n) is 2.11. The first-order chi connectivity index (χ1) is 13.0. The van der Waals surface area contributed by atoms with Gasteiger partial charge in [-0.05, 0) is 30.3 Å². The van der Waals surface area contributed by atoms with E-state index >= 15 is 0 Å². The summed E-state index contributed by atoms with van der Waals surface area (Å²) in [5, 5.41) is 5.38. The van der Waals surface area contributed by atoms with Crippen molar-refractivity contribution < 1.29 is 22.8 Å². The second-order valence-corrected chi connectivity index (χ2v) is 8.16. The Bertz CT molecular complexity index is 861. The number of amides is 2. The molecule has 0 fully saturated rings. The lowest BCUT2D eigenvalue weighted by Crippen LogP contribution is -2.27. The molecule has 2 aromatic carbocycles. The van der Waals surface area contributed by atoms with Crippen LogP contribution in [0, 0.1) is 5.41 Å². The summed E-state index contributed by atoms with van der Waals surface area (Å²) in [5.74, 6) is -1.72. The second-order valence-electron chi connectivity index (χ2n) is 7.14. The Morgan fingerprint density at radius 2 is 1.64 bits per heavy atom. The van der Waals surface area contributed by atoms with Gasteiger partial charge in [0.1, 0.15) is 0 Å². The summed E-state index contributed by atoms with van der Waals surface area (Å²) in [6, 6.07) is 12.7. The van der Waals surface area contributed by atoms with E-state index < -0.39 is 23.3 Å². The number of anilines is 2. The molecule has 0 bridgehead atoms. The Kier molecular flexibility index (Phi) is 6.77. The van der Waals surface area contributed by atoms with Crippen molar-refractivity contribution in [2.24, 2.45) is 5.41 Å². The maximum atomic E-state index is 12.5. The Morgan fingerprint density at radius 1 is 0.964 bits per heavy atom. The van der Waals surface area contributed by atoms with Crippen LogP contribution < -0.4 is 10.6 Å². The first-order valence-electron chi connectivity index (χ1n) is 8.47. The van der Waals surface area contributed by atoms with Crippen LogP contribution in [-0.2, 0) is 4.79 Å². The highest BCUT2D eigenvalue weighted by molar-refractivity contribution is 7.99. The molecule has 0 aliphatic rings. The number of benzene rings is 2. The molecule has 2 amide bonds. The summed E-state index contributed by atoms with van der Waals surface area (Å²) in [6.07, 6.45) is -4.30. The lowest BCUT2D eigenvalue weighted by molar-refractivity contribution is -0.123. The maximum Gasteiger partial charge on any atom is 0.398 e. The molecule has 0 aromatic heterocycles. The van der Waals surface area contributed by atoms with Crippen LogP contribution in [0.3, 0.4) is 0 Å². The Labute approximate surface area is 165 Å². The number of halogens is 3. The topological polar surface area (TPSA) is 58.2 Å². The van der Waals surface area contributed by atoms with Crippen LogP contribution in [0.15, 0.2) is 53.4 Å². The minimum absolute atomic E-state index is 0.195. The second kappa shape index (κ2) is 8.68. The minimum Gasteiger partial charge on any atom is -0.326 e. The zero-order valence-electron chi connectivity index (χ0n) is 15.7. The number of nitrogens with one attached hydrogen (secondary N) is 2. The van der Waals surface area contributed by atoms with Gasteiger partial charge in [-0.15, -0.1) is 11.8 Å². The van der Waals surface area contributed by atoms with Crippen LogP contribution in [0.1, 0.15) is 31.1 Å². The van der Waals surface area contributed by atoms with E-state index in [1.807, 2.05) is 0 Å². The average molecular weight is 410 g/mol. The van der Waals surface area contributed by atoms with E-state index in [9.17, 15) is 22.8 Å². The number of rotatable bonds is 5. The highest BCUT2D eigenvalue weighted by Gasteiger charge is 2.28. The van der Waals surface area contributed by atoms with E-state index in [0.717, 1.165) is 0 Å². The van der Waals surface area contributed by atoms with Crippen LogP contribution in [0.5, 0.6) is 0 Å². The fourth-order valence-corrected chi connectivity index (χ4v) is 2.88. The van der Waals surface area contributed by atoms with Gasteiger partial charge in [-0.3, -0.25) is 9.59 Å². The lowest BCUT2D eigenvalue weighted by atomic mass is 9.95. The molecule has 2 N–H and O–H groups in total. The number of thioether (sulfide) groups is 1. The summed E-state index contributed by atoms with van der Waals surface area (Å²) >= 11 is 0.609. The van der Waals surface area contributed by atoms with E-state index in [4.69, 9.17) is 0 Å². The summed E-state index contributed by atoms with van der Waals surface area (Å²) in [7, 11) is 0. The standard InChI is InChI=1S/C20H21F3N2O2S/c1-19(2,3)18(27)24-14-8-6-7-13(11-14)17(26)25-15-9-4-5-10-16(15)28-12-20(21,22)23/h4-11H,12H2,1-3H3,(H,24,27)(H,25,26). The summed E-state index contributed by atoms with van der Waals surface area (Å²) in [5.41, 5.74) is 0.452. The minimum atomic E-state index is -4.30. The van der Waals surface area contributed by atoms with Crippen molar-refractivity contribution in [1.29, 1.82) is 0 Å². The number of carbonyl (C=O) groups is 2. The zero-order chi connectivity index (χ0) is 20.9. The van der Waals surface area contributed by atoms with Crippen molar-refractivity contribution in [3.8, 4) is 0 Å². The van der Waals surface area contributed by atoms with Gasteiger partial charge in [-0.25, -0.2) is 0 Å². The molecule has 8 heteroatoms.